The Balaban J connectivity index is 2.04. The van der Waals surface area contributed by atoms with Gasteiger partial charge in [-0.25, -0.2) is 22.9 Å². The second-order valence-electron chi connectivity index (χ2n) is 6.21. The van der Waals surface area contributed by atoms with Crippen LogP contribution in [0, 0.1) is 5.82 Å². The van der Waals surface area contributed by atoms with Crippen LogP contribution in [-0.2, 0) is 10.0 Å². The second kappa shape index (κ2) is 7.07. The first-order valence-corrected chi connectivity index (χ1v) is 10.2. The summed E-state index contributed by atoms with van der Waals surface area (Å²) in [7, 11) is -3.88. The summed E-state index contributed by atoms with van der Waals surface area (Å²) in [4.78, 5) is 17.1. The lowest BCUT2D eigenvalue weighted by Crippen LogP contribution is -2.12. The molecule has 4 rings (SSSR count). The van der Waals surface area contributed by atoms with Gasteiger partial charge in [0.05, 0.1) is 15.8 Å². The lowest BCUT2D eigenvalue weighted by Gasteiger charge is -2.11. The van der Waals surface area contributed by atoms with Crippen molar-refractivity contribution in [3.05, 3.63) is 82.0 Å². The van der Waals surface area contributed by atoms with Gasteiger partial charge in [-0.2, -0.15) is 0 Å². The highest BCUT2D eigenvalue weighted by molar-refractivity contribution is 7.89. The SMILES string of the molecule is NS(=O)(=O)c1ccc(-c2oc3ccc(F)cc3c(=O)c2-c2ccc(Cl)nc2)cc1. The highest BCUT2D eigenvalue weighted by Crippen LogP contribution is 2.33. The smallest absolute Gasteiger partial charge is 0.238 e. The number of nitrogens with two attached hydrogens (primary N) is 1. The van der Waals surface area contributed by atoms with Gasteiger partial charge in [0.1, 0.15) is 22.3 Å². The third-order valence-corrected chi connectivity index (χ3v) is 5.47. The van der Waals surface area contributed by atoms with E-state index >= 15 is 0 Å². The van der Waals surface area contributed by atoms with E-state index in [0.717, 1.165) is 6.07 Å². The summed E-state index contributed by atoms with van der Waals surface area (Å²) in [6, 6.07) is 12.3. The standard InChI is InChI=1S/C20H12ClFN2O4S/c21-17-8-3-12(10-24-17)18-19(25)15-9-13(22)4-7-16(15)28-20(18)11-1-5-14(6-2-11)29(23,26)27/h1-10H,(H2,23,26,27). The van der Waals surface area contributed by atoms with Gasteiger partial charge in [-0.05, 0) is 54.6 Å². The van der Waals surface area contributed by atoms with Crippen molar-refractivity contribution in [2.45, 2.75) is 4.90 Å². The van der Waals surface area contributed by atoms with Crippen LogP contribution in [0.4, 0.5) is 4.39 Å². The Hall–Kier alpha value is -3.07. The zero-order chi connectivity index (χ0) is 20.8. The predicted molar refractivity (Wildman–Crippen MR) is 107 cm³/mol. The molecule has 0 bridgehead atoms. The minimum Gasteiger partial charge on any atom is -0.455 e. The number of benzene rings is 2. The summed E-state index contributed by atoms with van der Waals surface area (Å²) in [6.45, 7) is 0. The molecule has 0 aliphatic heterocycles. The van der Waals surface area contributed by atoms with Crippen LogP contribution in [0.1, 0.15) is 0 Å². The molecule has 0 fully saturated rings. The number of hydrogen-bond donors (Lipinski definition) is 1. The lowest BCUT2D eigenvalue weighted by molar-refractivity contribution is 0.597. The van der Waals surface area contributed by atoms with Gasteiger partial charge in [0, 0.05) is 17.3 Å². The first-order chi connectivity index (χ1) is 13.7. The third kappa shape index (κ3) is 3.65. The Morgan fingerprint density at radius 1 is 1.00 bits per heavy atom. The summed E-state index contributed by atoms with van der Waals surface area (Å²) < 4.78 is 42.6. The molecule has 0 aliphatic carbocycles. The lowest BCUT2D eigenvalue weighted by atomic mass is 9.99. The normalized spacial score (nSPS) is 11.7. The maximum absolute atomic E-state index is 13.7. The van der Waals surface area contributed by atoms with Gasteiger partial charge in [-0.15, -0.1) is 0 Å². The minimum absolute atomic E-state index is 0.0693. The van der Waals surface area contributed by atoms with Gasteiger partial charge in [-0.3, -0.25) is 4.79 Å². The van der Waals surface area contributed by atoms with Crippen molar-refractivity contribution in [3.8, 4) is 22.5 Å². The van der Waals surface area contributed by atoms with Crippen molar-refractivity contribution < 1.29 is 17.2 Å². The number of sulfonamides is 1. The summed E-state index contributed by atoms with van der Waals surface area (Å²) >= 11 is 5.84. The molecule has 0 radical (unpaired) electrons. The molecule has 0 spiro atoms. The molecule has 146 valence electrons. The Morgan fingerprint density at radius 2 is 1.69 bits per heavy atom. The highest BCUT2D eigenvalue weighted by atomic mass is 35.5. The largest absolute Gasteiger partial charge is 0.455 e. The van der Waals surface area contributed by atoms with E-state index in [0.29, 0.717) is 11.1 Å². The van der Waals surface area contributed by atoms with Crippen molar-refractivity contribution in [1.82, 2.24) is 4.98 Å². The topological polar surface area (TPSA) is 103 Å². The number of pyridine rings is 1. The second-order valence-corrected chi connectivity index (χ2v) is 8.16. The summed E-state index contributed by atoms with van der Waals surface area (Å²) in [5, 5.41) is 5.44. The van der Waals surface area contributed by atoms with Crippen LogP contribution < -0.4 is 10.6 Å². The monoisotopic (exact) mass is 430 g/mol. The number of rotatable bonds is 3. The molecular weight excluding hydrogens is 419 g/mol. The van der Waals surface area contributed by atoms with Crippen LogP contribution in [0.2, 0.25) is 5.15 Å². The molecule has 2 heterocycles. The van der Waals surface area contributed by atoms with E-state index in [-0.39, 0.29) is 32.3 Å². The Labute approximate surface area is 169 Å². The van der Waals surface area contributed by atoms with E-state index in [2.05, 4.69) is 4.98 Å². The summed E-state index contributed by atoms with van der Waals surface area (Å²) in [5.74, 6) is -0.394. The summed E-state index contributed by atoms with van der Waals surface area (Å²) in [5.41, 5.74) is 0.731. The number of fused-ring (bicyclic) bond motifs is 1. The van der Waals surface area contributed by atoms with E-state index < -0.39 is 21.3 Å². The maximum atomic E-state index is 13.7. The van der Waals surface area contributed by atoms with Gasteiger partial charge in [0.2, 0.25) is 15.5 Å². The van der Waals surface area contributed by atoms with Crippen LogP contribution in [-0.4, -0.2) is 13.4 Å². The first-order valence-electron chi connectivity index (χ1n) is 8.25. The summed E-state index contributed by atoms with van der Waals surface area (Å²) in [6.07, 6.45) is 1.40. The maximum Gasteiger partial charge on any atom is 0.238 e. The molecule has 2 aromatic heterocycles. The molecule has 0 amide bonds. The minimum atomic E-state index is -3.88. The first kappa shape index (κ1) is 19.3. The van der Waals surface area contributed by atoms with E-state index in [9.17, 15) is 17.6 Å². The molecule has 9 heteroatoms. The van der Waals surface area contributed by atoms with E-state index in [1.807, 2.05) is 0 Å². The highest BCUT2D eigenvalue weighted by Gasteiger charge is 2.19. The predicted octanol–water partition coefficient (Wildman–Crippen LogP) is 3.96. The third-order valence-electron chi connectivity index (χ3n) is 4.31. The number of aromatic nitrogens is 1. The van der Waals surface area contributed by atoms with Crippen LogP contribution >= 0.6 is 11.6 Å². The van der Waals surface area contributed by atoms with Gasteiger partial charge in [0.15, 0.2) is 0 Å². The average Bonchev–Trinajstić information content (AvgIpc) is 2.69. The van der Waals surface area contributed by atoms with Crippen LogP contribution in [0.25, 0.3) is 33.4 Å². The fourth-order valence-corrected chi connectivity index (χ4v) is 3.58. The Kier molecular flexibility index (Phi) is 4.70. The number of hydrogen-bond acceptors (Lipinski definition) is 5. The van der Waals surface area contributed by atoms with Crippen molar-refractivity contribution in [3.63, 3.8) is 0 Å². The van der Waals surface area contributed by atoms with Crippen LogP contribution in [0.15, 0.2) is 74.9 Å². The fraction of sp³-hybridized carbons (Fsp3) is 0. The van der Waals surface area contributed by atoms with E-state index in [4.69, 9.17) is 21.2 Å². The number of nitrogens with zero attached hydrogens (tertiary/aromatic N) is 1. The Bertz CT molecular complexity index is 1400. The van der Waals surface area contributed by atoms with Crippen LogP contribution in [0.5, 0.6) is 0 Å². The zero-order valence-electron chi connectivity index (χ0n) is 14.6. The molecule has 29 heavy (non-hydrogen) atoms. The molecule has 0 aliphatic rings. The van der Waals surface area contributed by atoms with Crippen molar-refractivity contribution in [2.24, 2.45) is 5.14 Å². The van der Waals surface area contributed by atoms with Crippen LogP contribution in [0.3, 0.4) is 0 Å². The molecule has 2 aromatic carbocycles. The van der Waals surface area contributed by atoms with Crippen molar-refractivity contribution >= 4 is 32.6 Å². The molecular formula is C20H12ClFN2O4S. The molecule has 4 aromatic rings. The zero-order valence-corrected chi connectivity index (χ0v) is 16.2. The molecule has 2 N–H and O–H groups in total. The molecule has 6 nitrogen and oxygen atoms in total. The molecule has 0 saturated heterocycles. The van der Waals surface area contributed by atoms with Gasteiger partial charge >= 0.3 is 0 Å². The number of halogens is 2. The number of primary sulfonamides is 1. The molecule has 0 saturated carbocycles. The quantitative estimate of drug-likeness (QED) is 0.495. The van der Waals surface area contributed by atoms with E-state index in [1.54, 1.807) is 6.07 Å². The van der Waals surface area contributed by atoms with Crippen molar-refractivity contribution in [1.29, 1.82) is 0 Å². The average molecular weight is 431 g/mol. The fourth-order valence-electron chi connectivity index (χ4n) is 2.95. The Morgan fingerprint density at radius 3 is 2.31 bits per heavy atom. The van der Waals surface area contributed by atoms with Gasteiger partial charge in [-0.1, -0.05) is 11.6 Å². The van der Waals surface area contributed by atoms with Gasteiger partial charge < -0.3 is 4.42 Å². The van der Waals surface area contributed by atoms with E-state index in [1.165, 1.54) is 48.7 Å². The van der Waals surface area contributed by atoms with Crippen molar-refractivity contribution in [2.75, 3.05) is 0 Å². The van der Waals surface area contributed by atoms with Gasteiger partial charge in [0.25, 0.3) is 0 Å². The molecule has 0 atom stereocenters. The molecule has 0 unspecified atom stereocenters.